The highest BCUT2D eigenvalue weighted by Gasteiger charge is 2.24. The summed E-state index contributed by atoms with van der Waals surface area (Å²) >= 11 is 1.59. The first-order valence-corrected chi connectivity index (χ1v) is 7.74. The molecule has 1 aliphatic rings. The van der Waals surface area contributed by atoms with Crippen LogP contribution >= 0.6 is 11.8 Å². The van der Waals surface area contributed by atoms with Crippen LogP contribution in [0.2, 0.25) is 0 Å². The molecule has 0 saturated heterocycles. The number of thioether (sulfide) groups is 1. The predicted molar refractivity (Wildman–Crippen MR) is 78.6 cm³/mol. The van der Waals surface area contributed by atoms with Crippen molar-refractivity contribution in [1.29, 1.82) is 0 Å². The van der Waals surface area contributed by atoms with E-state index in [1.165, 1.54) is 25.7 Å². The maximum Gasteiger partial charge on any atom is 0.282 e. The lowest BCUT2D eigenvalue weighted by molar-refractivity contribution is -0.387. The van der Waals surface area contributed by atoms with E-state index in [0.717, 1.165) is 16.6 Å². The molecular weight excluding hydrogens is 260 g/mol. The van der Waals surface area contributed by atoms with E-state index in [1.54, 1.807) is 23.9 Å². The minimum Gasteiger partial charge on any atom is -0.316 e. The van der Waals surface area contributed by atoms with Gasteiger partial charge in [-0.25, -0.2) is 0 Å². The minimum atomic E-state index is -0.299. The van der Waals surface area contributed by atoms with Crippen LogP contribution in [0.1, 0.15) is 25.7 Å². The molecular formula is C14H20N2O2S. The second-order valence-corrected chi connectivity index (χ2v) is 6.04. The molecule has 1 unspecified atom stereocenters. The van der Waals surface area contributed by atoms with E-state index < -0.39 is 0 Å². The van der Waals surface area contributed by atoms with E-state index in [0.29, 0.717) is 6.04 Å². The van der Waals surface area contributed by atoms with Crippen molar-refractivity contribution in [2.45, 2.75) is 36.6 Å². The number of nitro benzene ring substituents is 1. The Kier molecular flexibility index (Phi) is 5.22. The van der Waals surface area contributed by atoms with Gasteiger partial charge in [0.25, 0.3) is 5.69 Å². The molecule has 0 bridgehead atoms. The topological polar surface area (TPSA) is 55.2 Å². The molecule has 5 heteroatoms. The number of hydrogen-bond acceptors (Lipinski definition) is 4. The Labute approximate surface area is 118 Å². The number of para-hydroxylation sites is 1. The van der Waals surface area contributed by atoms with Crippen molar-refractivity contribution in [2.24, 2.45) is 5.92 Å². The van der Waals surface area contributed by atoms with Crippen LogP contribution in [0, 0.1) is 16.0 Å². The lowest BCUT2D eigenvalue weighted by Gasteiger charge is -2.22. The molecule has 0 aliphatic heterocycles. The highest BCUT2D eigenvalue weighted by Crippen LogP contribution is 2.33. The molecule has 104 valence electrons. The Hall–Kier alpha value is -1.07. The molecule has 1 N–H and O–H groups in total. The highest BCUT2D eigenvalue weighted by molar-refractivity contribution is 7.99. The summed E-state index contributed by atoms with van der Waals surface area (Å²) in [6.07, 6.45) is 5.20. The maximum atomic E-state index is 11.0. The summed E-state index contributed by atoms with van der Waals surface area (Å²) in [7, 11) is 1.99. The molecule has 0 spiro atoms. The first-order valence-electron chi connectivity index (χ1n) is 6.76. The standard InChI is InChI=1S/C14H20N2O2S/c1-15-12(11-6-2-3-7-11)10-19-14-9-5-4-8-13(14)16(17)18/h4-5,8-9,11-12,15H,2-3,6-7,10H2,1H3. The fourth-order valence-electron chi connectivity index (χ4n) is 2.72. The Morgan fingerprint density at radius 2 is 2.11 bits per heavy atom. The Morgan fingerprint density at radius 3 is 2.74 bits per heavy atom. The van der Waals surface area contributed by atoms with Gasteiger partial charge in [0.15, 0.2) is 0 Å². The molecule has 4 nitrogen and oxygen atoms in total. The largest absolute Gasteiger partial charge is 0.316 e. The Bertz CT molecular complexity index is 433. The number of rotatable bonds is 6. The fraction of sp³-hybridized carbons (Fsp3) is 0.571. The monoisotopic (exact) mass is 280 g/mol. The van der Waals surface area contributed by atoms with E-state index in [-0.39, 0.29) is 10.6 Å². The van der Waals surface area contributed by atoms with E-state index >= 15 is 0 Å². The molecule has 1 atom stereocenters. The van der Waals surface area contributed by atoms with Gasteiger partial charge in [-0.1, -0.05) is 25.0 Å². The first-order chi connectivity index (χ1) is 9.22. The molecule has 1 aromatic carbocycles. The Morgan fingerprint density at radius 1 is 1.42 bits per heavy atom. The number of benzene rings is 1. The van der Waals surface area contributed by atoms with E-state index in [4.69, 9.17) is 0 Å². The molecule has 19 heavy (non-hydrogen) atoms. The van der Waals surface area contributed by atoms with Crippen molar-refractivity contribution in [3.05, 3.63) is 34.4 Å². The first kappa shape index (κ1) is 14.3. The van der Waals surface area contributed by atoms with Gasteiger partial charge in [0.2, 0.25) is 0 Å². The van der Waals surface area contributed by atoms with E-state index in [9.17, 15) is 10.1 Å². The molecule has 1 fully saturated rings. The number of nitrogens with zero attached hydrogens (tertiary/aromatic N) is 1. The van der Waals surface area contributed by atoms with Crippen LogP contribution in [-0.4, -0.2) is 23.8 Å². The van der Waals surface area contributed by atoms with E-state index in [2.05, 4.69) is 5.32 Å². The third-order valence-corrected chi connectivity index (χ3v) is 5.00. The molecule has 0 amide bonds. The second kappa shape index (κ2) is 6.91. The zero-order valence-corrected chi connectivity index (χ0v) is 12.0. The molecule has 0 aromatic heterocycles. The van der Waals surface area contributed by atoms with Crippen LogP contribution < -0.4 is 5.32 Å². The summed E-state index contributed by atoms with van der Waals surface area (Å²) in [5.74, 6) is 1.62. The SMILES string of the molecule is CNC(CSc1ccccc1[N+](=O)[O-])C1CCCC1. The predicted octanol–water partition coefficient (Wildman–Crippen LogP) is 3.47. The van der Waals surface area contributed by atoms with Crippen LogP contribution in [-0.2, 0) is 0 Å². The summed E-state index contributed by atoms with van der Waals surface area (Å²) in [5, 5.41) is 14.3. The summed E-state index contributed by atoms with van der Waals surface area (Å²) in [5.41, 5.74) is 0.216. The number of nitrogens with one attached hydrogen (secondary N) is 1. The molecule has 2 rings (SSSR count). The van der Waals surface area contributed by atoms with Crippen molar-refractivity contribution in [3.63, 3.8) is 0 Å². The van der Waals surface area contributed by atoms with Crippen molar-refractivity contribution in [3.8, 4) is 0 Å². The van der Waals surface area contributed by atoms with Crippen molar-refractivity contribution in [1.82, 2.24) is 5.32 Å². The van der Waals surface area contributed by atoms with Crippen LogP contribution in [0.5, 0.6) is 0 Å². The number of hydrogen-bond donors (Lipinski definition) is 1. The summed E-state index contributed by atoms with van der Waals surface area (Å²) in [6, 6.07) is 7.44. The van der Waals surface area contributed by atoms with Gasteiger partial charge in [0, 0.05) is 17.9 Å². The van der Waals surface area contributed by atoms with Crippen LogP contribution in [0.25, 0.3) is 0 Å². The van der Waals surface area contributed by atoms with Crippen molar-refractivity contribution in [2.75, 3.05) is 12.8 Å². The van der Waals surface area contributed by atoms with Crippen LogP contribution in [0.4, 0.5) is 5.69 Å². The smallest absolute Gasteiger partial charge is 0.282 e. The summed E-state index contributed by atoms with van der Waals surface area (Å²) in [6.45, 7) is 0. The average Bonchev–Trinajstić information content (AvgIpc) is 2.94. The maximum absolute atomic E-state index is 11.0. The highest BCUT2D eigenvalue weighted by atomic mass is 32.2. The van der Waals surface area contributed by atoms with Gasteiger partial charge in [-0.05, 0) is 31.9 Å². The van der Waals surface area contributed by atoms with Gasteiger partial charge in [0.1, 0.15) is 0 Å². The number of nitro groups is 1. The quantitative estimate of drug-likeness (QED) is 0.492. The molecule has 0 radical (unpaired) electrons. The molecule has 1 saturated carbocycles. The third-order valence-electron chi connectivity index (χ3n) is 3.82. The normalized spacial score (nSPS) is 17.5. The van der Waals surface area contributed by atoms with Crippen molar-refractivity contribution >= 4 is 17.4 Å². The Balaban J connectivity index is 1.99. The third kappa shape index (κ3) is 3.70. The lowest BCUT2D eigenvalue weighted by Crippen LogP contribution is -2.34. The fourth-order valence-corrected chi connectivity index (χ4v) is 3.99. The van der Waals surface area contributed by atoms with Crippen LogP contribution in [0.15, 0.2) is 29.2 Å². The lowest BCUT2D eigenvalue weighted by atomic mass is 10.0. The van der Waals surface area contributed by atoms with Gasteiger partial charge in [-0.15, -0.1) is 11.8 Å². The minimum absolute atomic E-state index is 0.216. The van der Waals surface area contributed by atoms with Gasteiger partial charge in [0.05, 0.1) is 9.82 Å². The van der Waals surface area contributed by atoms with Gasteiger partial charge in [-0.2, -0.15) is 0 Å². The molecule has 1 aliphatic carbocycles. The molecule has 1 aromatic rings. The summed E-state index contributed by atoms with van der Waals surface area (Å²) in [4.78, 5) is 11.4. The zero-order chi connectivity index (χ0) is 13.7. The van der Waals surface area contributed by atoms with Gasteiger partial charge >= 0.3 is 0 Å². The van der Waals surface area contributed by atoms with Crippen molar-refractivity contribution < 1.29 is 4.92 Å². The zero-order valence-electron chi connectivity index (χ0n) is 11.2. The van der Waals surface area contributed by atoms with Gasteiger partial charge < -0.3 is 5.32 Å². The summed E-state index contributed by atoms with van der Waals surface area (Å²) < 4.78 is 0. The second-order valence-electron chi connectivity index (χ2n) is 4.98. The van der Waals surface area contributed by atoms with Crippen LogP contribution in [0.3, 0.4) is 0 Å². The van der Waals surface area contributed by atoms with E-state index in [1.807, 2.05) is 19.2 Å². The van der Waals surface area contributed by atoms with Gasteiger partial charge in [-0.3, -0.25) is 10.1 Å². The molecule has 0 heterocycles. The average molecular weight is 280 g/mol.